The maximum Gasteiger partial charge on any atom is 0.433 e. The van der Waals surface area contributed by atoms with E-state index >= 15 is 0 Å². The summed E-state index contributed by atoms with van der Waals surface area (Å²) in [6.07, 6.45) is -3.38. The van der Waals surface area contributed by atoms with Crippen molar-refractivity contribution < 1.29 is 22.6 Å². The minimum Gasteiger partial charge on any atom is -0.493 e. The highest BCUT2D eigenvalue weighted by atomic mass is 19.4. The largest absolute Gasteiger partial charge is 0.493 e. The van der Waals surface area contributed by atoms with Crippen molar-refractivity contribution in [3.05, 3.63) is 30.1 Å². The van der Waals surface area contributed by atoms with Gasteiger partial charge in [-0.1, -0.05) is 0 Å². The number of methoxy groups -OCH3 is 2. The summed E-state index contributed by atoms with van der Waals surface area (Å²) < 4.78 is 48.4. The minimum atomic E-state index is -4.50. The lowest BCUT2D eigenvalue weighted by Crippen LogP contribution is -2.08. The number of hydrogen-bond acceptors (Lipinski definition) is 3. The molecular formula is C12H10F3NO2. The number of benzene rings is 1. The first-order valence-corrected chi connectivity index (χ1v) is 5.05. The molecule has 3 nitrogen and oxygen atoms in total. The standard InChI is InChI=1S/C12H10F3NO2/c1-17-9-5-7-3-4-16-11(12(13,14)15)8(7)6-10(9)18-2/h3-6H,1-2H3. The van der Waals surface area contributed by atoms with Crippen molar-refractivity contribution in [3.8, 4) is 11.5 Å². The van der Waals surface area contributed by atoms with Gasteiger partial charge < -0.3 is 9.47 Å². The molecule has 1 aromatic carbocycles. The minimum absolute atomic E-state index is 0.0114. The molecule has 0 aliphatic carbocycles. The molecule has 96 valence electrons. The monoisotopic (exact) mass is 257 g/mol. The first-order valence-electron chi connectivity index (χ1n) is 5.05. The lowest BCUT2D eigenvalue weighted by molar-refractivity contribution is -0.139. The number of aromatic nitrogens is 1. The van der Waals surface area contributed by atoms with E-state index in [2.05, 4.69) is 4.98 Å². The van der Waals surface area contributed by atoms with Gasteiger partial charge >= 0.3 is 6.18 Å². The second kappa shape index (κ2) is 4.36. The van der Waals surface area contributed by atoms with E-state index in [-0.39, 0.29) is 11.1 Å². The Kier molecular flexibility index (Phi) is 3.02. The molecule has 1 heterocycles. The summed E-state index contributed by atoms with van der Waals surface area (Å²) in [5.41, 5.74) is -0.930. The molecule has 0 saturated heterocycles. The van der Waals surface area contributed by atoms with Gasteiger partial charge in [-0.15, -0.1) is 0 Å². The van der Waals surface area contributed by atoms with Crippen molar-refractivity contribution in [2.24, 2.45) is 0 Å². The van der Waals surface area contributed by atoms with Crippen molar-refractivity contribution in [1.29, 1.82) is 0 Å². The van der Waals surface area contributed by atoms with Crippen molar-refractivity contribution in [1.82, 2.24) is 4.98 Å². The van der Waals surface area contributed by atoms with Gasteiger partial charge in [0.1, 0.15) is 0 Å². The normalized spacial score (nSPS) is 11.6. The van der Waals surface area contributed by atoms with Crippen LogP contribution in [0.15, 0.2) is 24.4 Å². The second-order valence-corrected chi connectivity index (χ2v) is 3.59. The average Bonchev–Trinajstić information content (AvgIpc) is 2.35. The quantitative estimate of drug-likeness (QED) is 0.827. The third-order valence-electron chi connectivity index (χ3n) is 2.54. The molecule has 1 aromatic heterocycles. The number of rotatable bonds is 2. The summed E-state index contributed by atoms with van der Waals surface area (Å²) in [5, 5.41) is 0.387. The fourth-order valence-corrected chi connectivity index (χ4v) is 1.73. The van der Waals surface area contributed by atoms with Crippen molar-refractivity contribution in [3.63, 3.8) is 0 Å². The molecule has 0 radical (unpaired) electrons. The molecule has 0 saturated carbocycles. The fourth-order valence-electron chi connectivity index (χ4n) is 1.73. The molecule has 0 spiro atoms. The van der Waals surface area contributed by atoms with Gasteiger partial charge in [0.2, 0.25) is 0 Å². The molecular weight excluding hydrogens is 247 g/mol. The molecule has 0 atom stereocenters. The van der Waals surface area contributed by atoms with Gasteiger partial charge in [0.15, 0.2) is 17.2 Å². The highest BCUT2D eigenvalue weighted by Gasteiger charge is 2.34. The Labute approximate surface area is 101 Å². The van der Waals surface area contributed by atoms with Crippen LogP contribution < -0.4 is 9.47 Å². The van der Waals surface area contributed by atoms with E-state index in [1.165, 1.54) is 32.4 Å². The van der Waals surface area contributed by atoms with Crippen molar-refractivity contribution in [2.75, 3.05) is 14.2 Å². The molecule has 0 amide bonds. The Hall–Kier alpha value is -1.98. The van der Waals surface area contributed by atoms with E-state index in [0.717, 1.165) is 6.20 Å². The van der Waals surface area contributed by atoms with Gasteiger partial charge in [-0.2, -0.15) is 13.2 Å². The van der Waals surface area contributed by atoms with Crippen LogP contribution in [0.2, 0.25) is 0 Å². The second-order valence-electron chi connectivity index (χ2n) is 3.59. The lowest BCUT2D eigenvalue weighted by Gasteiger charge is -2.12. The third-order valence-corrected chi connectivity index (χ3v) is 2.54. The van der Waals surface area contributed by atoms with Crippen LogP contribution in [0, 0.1) is 0 Å². The Morgan fingerprint density at radius 2 is 1.67 bits per heavy atom. The average molecular weight is 257 g/mol. The topological polar surface area (TPSA) is 31.4 Å². The zero-order valence-corrected chi connectivity index (χ0v) is 9.71. The van der Waals surface area contributed by atoms with Crippen LogP contribution in [-0.4, -0.2) is 19.2 Å². The van der Waals surface area contributed by atoms with Gasteiger partial charge in [-0.05, 0) is 23.6 Å². The lowest BCUT2D eigenvalue weighted by atomic mass is 10.1. The summed E-state index contributed by atoms with van der Waals surface area (Å²) in [6.45, 7) is 0. The van der Waals surface area contributed by atoms with E-state index in [1.54, 1.807) is 0 Å². The van der Waals surface area contributed by atoms with Crippen LogP contribution in [-0.2, 0) is 6.18 Å². The predicted molar refractivity (Wildman–Crippen MR) is 59.8 cm³/mol. The first kappa shape index (κ1) is 12.5. The Bertz CT molecular complexity index is 581. The van der Waals surface area contributed by atoms with Crippen LogP contribution in [0.4, 0.5) is 13.2 Å². The molecule has 0 bridgehead atoms. The zero-order chi connectivity index (χ0) is 13.3. The van der Waals surface area contributed by atoms with Crippen molar-refractivity contribution >= 4 is 10.8 Å². The molecule has 6 heteroatoms. The van der Waals surface area contributed by atoms with Crippen LogP contribution in [0.3, 0.4) is 0 Å². The zero-order valence-electron chi connectivity index (χ0n) is 9.71. The highest BCUT2D eigenvalue weighted by Crippen LogP contribution is 2.38. The van der Waals surface area contributed by atoms with E-state index < -0.39 is 11.9 Å². The first-order chi connectivity index (χ1) is 8.47. The number of pyridine rings is 1. The van der Waals surface area contributed by atoms with E-state index in [0.29, 0.717) is 11.1 Å². The van der Waals surface area contributed by atoms with Gasteiger partial charge in [-0.3, -0.25) is 4.98 Å². The van der Waals surface area contributed by atoms with Crippen molar-refractivity contribution in [2.45, 2.75) is 6.18 Å². The summed E-state index contributed by atoms with van der Waals surface area (Å²) in [5.74, 6) is 0.618. The molecule has 2 rings (SSSR count). The molecule has 0 unspecified atom stereocenters. The number of hydrogen-bond donors (Lipinski definition) is 0. The number of nitrogens with zero attached hydrogens (tertiary/aromatic N) is 1. The van der Waals surface area contributed by atoms with E-state index in [9.17, 15) is 13.2 Å². The van der Waals surface area contributed by atoms with Crippen LogP contribution >= 0.6 is 0 Å². The Morgan fingerprint density at radius 3 is 2.22 bits per heavy atom. The summed E-state index contributed by atoms with van der Waals surface area (Å²) in [7, 11) is 2.79. The number of alkyl halides is 3. The Balaban J connectivity index is 2.77. The van der Waals surface area contributed by atoms with Crippen LogP contribution in [0.25, 0.3) is 10.8 Å². The van der Waals surface area contributed by atoms with Gasteiger partial charge in [0, 0.05) is 11.6 Å². The maximum atomic E-state index is 12.8. The summed E-state index contributed by atoms with van der Waals surface area (Å²) >= 11 is 0. The van der Waals surface area contributed by atoms with Gasteiger partial charge in [0.25, 0.3) is 0 Å². The molecule has 2 aromatic rings. The molecule has 0 aliphatic heterocycles. The molecule has 0 fully saturated rings. The predicted octanol–water partition coefficient (Wildman–Crippen LogP) is 3.27. The Morgan fingerprint density at radius 1 is 1.06 bits per heavy atom. The summed E-state index contributed by atoms with van der Waals surface area (Å²) in [4.78, 5) is 3.39. The molecule has 0 aliphatic rings. The third kappa shape index (κ3) is 2.05. The van der Waals surface area contributed by atoms with Gasteiger partial charge in [0.05, 0.1) is 14.2 Å². The van der Waals surface area contributed by atoms with Crippen LogP contribution in [0.5, 0.6) is 11.5 Å². The van der Waals surface area contributed by atoms with E-state index in [4.69, 9.17) is 9.47 Å². The maximum absolute atomic E-state index is 12.8. The fraction of sp³-hybridized carbons (Fsp3) is 0.250. The smallest absolute Gasteiger partial charge is 0.433 e. The van der Waals surface area contributed by atoms with Crippen LogP contribution in [0.1, 0.15) is 5.69 Å². The number of ether oxygens (including phenoxy) is 2. The SMILES string of the molecule is COc1cc2ccnc(C(F)(F)F)c2cc1OC. The molecule has 18 heavy (non-hydrogen) atoms. The molecule has 0 N–H and O–H groups in total. The van der Waals surface area contributed by atoms with E-state index in [1.807, 2.05) is 0 Å². The summed E-state index contributed by atoms with van der Waals surface area (Å²) in [6, 6.07) is 4.27. The highest BCUT2D eigenvalue weighted by molar-refractivity contribution is 5.88. The number of halogens is 3. The number of fused-ring (bicyclic) bond motifs is 1. The van der Waals surface area contributed by atoms with Gasteiger partial charge in [-0.25, -0.2) is 0 Å².